The van der Waals surface area contributed by atoms with Gasteiger partial charge in [0.05, 0.1) is 18.8 Å². The van der Waals surface area contributed by atoms with Crippen molar-refractivity contribution in [1.82, 2.24) is 15.5 Å². The highest BCUT2D eigenvalue weighted by Crippen LogP contribution is 2.25. The fourth-order valence-electron chi connectivity index (χ4n) is 2.86. The minimum atomic E-state index is 0. The SMILES string of the molecule is CCNC(=NCC(c1ccco1)N1CCCC1)NCCCOC.I. The van der Waals surface area contributed by atoms with Crippen LogP contribution in [-0.2, 0) is 4.74 Å². The summed E-state index contributed by atoms with van der Waals surface area (Å²) in [5.74, 6) is 1.87. The van der Waals surface area contributed by atoms with Crippen molar-refractivity contribution in [2.45, 2.75) is 32.2 Å². The van der Waals surface area contributed by atoms with Gasteiger partial charge in [0.2, 0.25) is 0 Å². The van der Waals surface area contributed by atoms with Crippen LogP contribution >= 0.6 is 24.0 Å². The maximum absolute atomic E-state index is 5.65. The van der Waals surface area contributed by atoms with Gasteiger partial charge in [-0.15, -0.1) is 24.0 Å². The molecular formula is C17H31IN4O2. The minimum Gasteiger partial charge on any atom is -0.468 e. The predicted octanol–water partition coefficient (Wildman–Crippen LogP) is 2.63. The molecule has 1 saturated heterocycles. The monoisotopic (exact) mass is 450 g/mol. The molecular weight excluding hydrogens is 419 g/mol. The van der Waals surface area contributed by atoms with Crippen LogP contribution in [0.2, 0.25) is 0 Å². The number of nitrogens with zero attached hydrogens (tertiary/aromatic N) is 2. The number of rotatable bonds is 9. The molecule has 1 fully saturated rings. The smallest absolute Gasteiger partial charge is 0.191 e. The molecule has 0 aromatic carbocycles. The highest BCUT2D eigenvalue weighted by molar-refractivity contribution is 14.0. The summed E-state index contributed by atoms with van der Waals surface area (Å²) < 4.78 is 10.7. The first-order valence-electron chi connectivity index (χ1n) is 8.63. The summed E-state index contributed by atoms with van der Waals surface area (Å²) in [5, 5.41) is 6.66. The number of hydrogen-bond donors (Lipinski definition) is 2. The van der Waals surface area contributed by atoms with Gasteiger partial charge in [-0.1, -0.05) is 0 Å². The van der Waals surface area contributed by atoms with Gasteiger partial charge in [-0.2, -0.15) is 0 Å². The highest BCUT2D eigenvalue weighted by atomic mass is 127. The number of likely N-dealkylation sites (tertiary alicyclic amines) is 1. The number of furan rings is 1. The van der Waals surface area contributed by atoms with E-state index in [2.05, 4.69) is 28.5 Å². The number of guanidine groups is 1. The molecule has 0 amide bonds. The lowest BCUT2D eigenvalue weighted by Crippen LogP contribution is -2.39. The third-order valence-corrected chi connectivity index (χ3v) is 4.04. The van der Waals surface area contributed by atoms with Gasteiger partial charge < -0.3 is 19.8 Å². The Kier molecular flexibility index (Phi) is 11.1. The summed E-state index contributed by atoms with van der Waals surface area (Å²) >= 11 is 0. The molecule has 7 heteroatoms. The first kappa shape index (κ1) is 21.2. The van der Waals surface area contributed by atoms with E-state index in [0.717, 1.165) is 50.9 Å². The van der Waals surface area contributed by atoms with Crippen LogP contribution in [0.25, 0.3) is 0 Å². The summed E-state index contributed by atoms with van der Waals surface area (Å²) in [5.41, 5.74) is 0. The molecule has 0 radical (unpaired) electrons. The van der Waals surface area contributed by atoms with Gasteiger partial charge in [0, 0.05) is 26.8 Å². The molecule has 0 aliphatic carbocycles. The van der Waals surface area contributed by atoms with Crippen molar-refractivity contribution in [3.05, 3.63) is 24.2 Å². The number of methoxy groups -OCH3 is 1. The lowest BCUT2D eigenvalue weighted by atomic mass is 10.2. The normalized spacial score (nSPS) is 16.7. The first-order chi connectivity index (χ1) is 11.3. The molecule has 1 atom stereocenters. The van der Waals surface area contributed by atoms with Gasteiger partial charge in [0.15, 0.2) is 5.96 Å². The summed E-state index contributed by atoms with van der Waals surface area (Å²) in [6, 6.07) is 4.23. The Labute approximate surface area is 162 Å². The number of halogens is 1. The molecule has 1 aliphatic rings. The van der Waals surface area contributed by atoms with E-state index in [1.165, 1.54) is 12.8 Å². The van der Waals surface area contributed by atoms with Crippen LogP contribution in [0.3, 0.4) is 0 Å². The molecule has 0 saturated carbocycles. The van der Waals surface area contributed by atoms with Crippen LogP contribution < -0.4 is 10.6 Å². The van der Waals surface area contributed by atoms with Gasteiger partial charge in [-0.3, -0.25) is 9.89 Å². The lowest BCUT2D eigenvalue weighted by Gasteiger charge is -2.24. The molecule has 2 N–H and O–H groups in total. The molecule has 138 valence electrons. The largest absolute Gasteiger partial charge is 0.468 e. The molecule has 1 aromatic rings. The Morgan fingerprint density at radius 1 is 1.38 bits per heavy atom. The zero-order valence-corrected chi connectivity index (χ0v) is 17.1. The minimum absolute atomic E-state index is 0. The van der Waals surface area contributed by atoms with Crippen LogP contribution in [-0.4, -0.2) is 57.3 Å². The van der Waals surface area contributed by atoms with Gasteiger partial charge in [0.1, 0.15) is 5.76 Å². The van der Waals surface area contributed by atoms with Crippen LogP contribution in [0.5, 0.6) is 0 Å². The maximum Gasteiger partial charge on any atom is 0.191 e. The summed E-state index contributed by atoms with van der Waals surface area (Å²) in [7, 11) is 1.73. The second-order valence-corrected chi connectivity index (χ2v) is 5.77. The van der Waals surface area contributed by atoms with Crippen molar-refractivity contribution in [3.8, 4) is 0 Å². The molecule has 6 nitrogen and oxygen atoms in total. The third-order valence-electron chi connectivity index (χ3n) is 4.04. The van der Waals surface area contributed by atoms with Crippen LogP contribution in [0.1, 0.15) is 38.0 Å². The average Bonchev–Trinajstić information content (AvgIpc) is 3.25. The van der Waals surface area contributed by atoms with Gasteiger partial charge in [-0.05, 0) is 51.4 Å². The zero-order valence-electron chi connectivity index (χ0n) is 14.8. The number of hydrogen-bond acceptors (Lipinski definition) is 4. The van der Waals surface area contributed by atoms with E-state index >= 15 is 0 Å². The van der Waals surface area contributed by atoms with E-state index < -0.39 is 0 Å². The molecule has 0 bridgehead atoms. The van der Waals surface area contributed by atoms with E-state index in [9.17, 15) is 0 Å². The zero-order chi connectivity index (χ0) is 16.3. The van der Waals surface area contributed by atoms with Crippen LogP contribution in [0.4, 0.5) is 0 Å². The quantitative estimate of drug-likeness (QED) is 0.262. The van der Waals surface area contributed by atoms with E-state index in [-0.39, 0.29) is 30.0 Å². The standard InChI is InChI=1S/C17H30N4O2.HI/c1-3-18-17(19-9-7-12-22-2)20-14-15(16-8-6-13-23-16)21-10-4-5-11-21;/h6,8,13,15H,3-5,7,9-12,14H2,1-2H3,(H2,18,19,20);1H. The molecule has 1 aromatic heterocycles. The van der Waals surface area contributed by atoms with Gasteiger partial charge in [-0.25, -0.2) is 0 Å². The Morgan fingerprint density at radius 3 is 2.79 bits per heavy atom. The predicted molar refractivity (Wildman–Crippen MR) is 108 cm³/mol. The molecule has 0 spiro atoms. The molecule has 2 heterocycles. The lowest BCUT2D eigenvalue weighted by molar-refractivity contribution is 0.195. The van der Waals surface area contributed by atoms with Crippen molar-refractivity contribution in [2.24, 2.45) is 4.99 Å². The first-order valence-corrected chi connectivity index (χ1v) is 8.63. The molecule has 1 unspecified atom stereocenters. The van der Waals surface area contributed by atoms with Crippen LogP contribution in [0.15, 0.2) is 27.8 Å². The van der Waals surface area contributed by atoms with Crippen molar-refractivity contribution in [2.75, 3.05) is 46.4 Å². The summed E-state index contributed by atoms with van der Waals surface area (Å²) in [4.78, 5) is 7.23. The van der Waals surface area contributed by atoms with Gasteiger partial charge in [0.25, 0.3) is 0 Å². The average molecular weight is 450 g/mol. The molecule has 1 aliphatic heterocycles. The summed E-state index contributed by atoms with van der Waals surface area (Å²) in [6.45, 7) is 7.50. The number of nitrogens with one attached hydrogen (secondary N) is 2. The fraction of sp³-hybridized carbons (Fsp3) is 0.706. The van der Waals surface area contributed by atoms with Crippen molar-refractivity contribution in [1.29, 1.82) is 0 Å². The molecule has 2 rings (SSSR count). The van der Waals surface area contributed by atoms with Crippen molar-refractivity contribution in [3.63, 3.8) is 0 Å². The van der Waals surface area contributed by atoms with E-state index in [4.69, 9.17) is 14.1 Å². The molecule has 24 heavy (non-hydrogen) atoms. The second kappa shape index (κ2) is 12.5. The second-order valence-electron chi connectivity index (χ2n) is 5.77. The van der Waals surface area contributed by atoms with Gasteiger partial charge >= 0.3 is 0 Å². The Hall–Kier alpha value is -0.800. The Bertz CT molecular complexity index is 447. The highest BCUT2D eigenvalue weighted by Gasteiger charge is 2.25. The van der Waals surface area contributed by atoms with Crippen molar-refractivity contribution < 1.29 is 9.15 Å². The Morgan fingerprint density at radius 2 is 2.17 bits per heavy atom. The summed E-state index contributed by atoms with van der Waals surface area (Å²) in [6.07, 6.45) is 5.23. The fourth-order valence-corrected chi connectivity index (χ4v) is 2.86. The topological polar surface area (TPSA) is 62.0 Å². The maximum atomic E-state index is 5.65. The Balaban J connectivity index is 0.00000288. The van der Waals surface area contributed by atoms with E-state index in [1.807, 2.05) is 6.07 Å². The number of ether oxygens (including phenoxy) is 1. The van der Waals surface area contributed by atoms with E-state index in [0.29, 0.717) is 6.54 Å². The van der Waals surface area contributed by atoms with Crippen LogP contribution in [0, 0.1) is 0 Å². The number of aliphatic imine (C=N–C) groups is 1. The third kappa shape index (κ3) is 6.98. The van der Waals surface area contributed by atoms with E-state index in [1.54, 1.807) is 13.4 Å². The van der Waals surface area contributed by atoms with Crippen molar-refractivity contribution >= 4 is 29.9 Å².